The molecule has 0 bridgehead atoms. The number of esters is 1. The number of hydrogen-bond donors (Lipinski definition) is 0. The maximum absolute atomic E-state index is 13.1. The topological polar surface area (TPSA) is 60.4 Å². The number of carbonyl (C=O) groups is 3. The molecule has 4 heteroatoms. The van der Waals surface area contributed by atoms with Crippen LogP contribution < -0.4 is 0 Å². The molecule has 4 fully saturated rings. The molecule has 0 aromatic rings. The van der Waals surface area contributed by atoms with Gasteiger partial charge < -0.3 is 4.74 Å². The van der Waals surface area contributed by atoms with Crippen LogP contribution in [0.4, 0.5) is 0 Å². The average Bonchev–Trinajstić information content (AvgIpc) is 2.84. The predicted molar refractivity (Wildman–Crippen MR) is 92.7 cm³/mol. The summed E-state index contributed by atoms with van der Waals surface area (Å²) in [6.07, 6.45) is 6.85. The molecule has 4 aliphatic rings. The van der Waals surface area contributed by atoms with E-state index in [1.54, 1.807) is 0 Å². The van der Waals surface area contributed by atoms with Crippen molar-refractivity contribution in [3.05, 3.63) is 0 Å². The van der Waals surface area contributed by atoms with Crippen LogP contribution in [0.1, 0.15) is 72.1 Å². The molecular formula is C21H30O4. The fraction of sp³-hybridized carbons (Fsp3) is 0.857. The predicted octanol–water partition coefficient (Wildman–Crippen LogP) is 3.71. The minimum Gasteiger partial charge on any atom is -0.463 e. The second kappa shape index (κ2) is 5.65. The molecule has 0 amide bonds. The molecule has 4 rings (SSSR count). The van der Waals surface area contributed by atoms with Crippen LogP contribution in [-0.4, -0.2) is 23.6 Å². The molecule has 7 atom stereocenters. The third kappa shape index (κ3) is 2.43. The lowest BCUT2D eigenvalue weighted by atomic mass is 9.45. The van der Waals surface area contributed by atoms with Gasteiger partial charge in [0.15, 0.2) is 0 Å². The molecule has 0 aliphatic heterocycles. The SMILES string of the molecule is CC(=O)O[C@@H]1CC[C@@]2(C)[C@@H](CC(=O)[C@@H]3[C@H]2CC[C@]2(C)C(=O)CC[C@@H]32)C1. The van der Waals surface area contributed by atoms with Crippen molar-refractivity contribution in [1.82, 2.24) is 0 Å². The monoisotopic (exact) mass is 346 g/mol. The van der Waals surface area contributed by atoms with Crippen molar-refractivity contribution in [2.75, 3.05) is 0 Å². The van der Waals surface area contributed by atoms with Gasteiger partial charge in [-0.05, 0) is 61.7 Å². The van der Waals surface area contributed by atoms with Gasteiger partial charge in [-0.25, -0.2) is 0 Å². The molecule has 0 aromatic carbocycles. The fourth-order valence-corrected chi connectivity index (χ4v) is 7.01. The highest BCUT2D eigenvalue weighted by atomic mass is 16.5. The normalized spacial score (nSPS) is 49.2. The van der Waals surface area contributed by atoms with Crippen LogP contribution in [-0.2, 0) is 19.1 Å². The molecule has 4 nitrogen and oxygen atoms in total. The van der Waals surface area contributed by atoms with Crippen molar-refractivity contribution in [1.29, 1.82) is 0 Å². The van der Waals surface area contributed by atoms with Crippen molar-refractivity contribution < 1.29 is 19.1 Å². The number of hydrogen-bond acceptors (Lipinski definition) is 4. The maximum Gasteiger partial charge on any atom is 0.302 e. The molecule has 4 aliphatic carbocycles. The van der Waals surface area contributed by atoms with E-state index in [-0.39, 0.29) is 34.7 Å². The number of ether oxygens (including phenoxy) is 1. The highest BCUT2D eigenvalue weighted by molar-refractivity contribution is 5.90. The standard InChI is InChI=1S/C21H30O4/c1-12(22)25-14-6-8-20(2)13(10-14)11-17(23)19-15-4-5-18(24)21(15,3)9-7-16(19)20/h13-16,19H,4-11H2,1-3H3/t13-,14-,15+,16-,19+,20+,21+/m1/s1. The Hall–Kier alpha value is -1.19. The summed E-state index contributed by atoms with van der Waals surface area (Å²) < 4.78 is 5.46. The van der Waals surface area contributed by atoms with Crippen LogP contribution >= 0.6 is 0 Å². The van der Waals surface area contributed by atoms with E-state index < -0.39 is 0 Å². The number of rotatable bonds is 1. The number of Topliss-reactive ketones (excluding diaryl/α,β-unsaturated/α-hetero) is 2. The number of ketones is 2. The van der Waals surface area contributed by atoms with Crippen LogP contribution in [0.2, 0.25) is 0 Å². The first-order valence-corrected chi connectivity index (χ1v) is 9.99. The van der Waals surface area contributed by atoms with Crippen LogP contribution in [0.5, 0.6) is 0 Å². The van der Waals surface area contributed by atoms with Crippen LogP contribution in [0.15, 0.2) is 0 Å². The summed E-state index contributed by atoms with van der Waals surface area (Å²) >= 11 is 0. The first kappa shape index (κ1) is 17.2. The highest BCUT2D eigenvalue weighted by Gasteiger charge is 2.62. The second-order valence-electron chi connectivity index (χ2n) is 9.54. The maximum atomic E-state index is 13.1. The van der Waals surface area contributed by atoms with E-state index in [0.29, 0.717) is 36.2 Å². The summed E-state index contributed by atoms with van der Waals surface area (Å²) in [6, 6.07) is 0. The van der Waals surface area contributed by atoms with Gasteiger partial charge >= 0.3 is 5.97 Å². The zero-order valence-electron chi connectivity index (χ0n) is 15.7. The Morgan fingerprint density at radius 2 is 1.84 bits per heavy atom. The zero-order chi connectivity index (χ0) is 18.0. The summed E-state index contributed by atoms with van der Waals surface area (Å²) in [7, 11) is 0. The van der Waals surface area contributed by atoms with E-state index in [4.69, 9.17) is 4.74 Å². The summed E-state index contributed by atoms with van der Waals surface area (Å²) in [5.41, 5.74) is -0.100. The molecule has 0 saturated heterocycles. The lowest BCUT2D eigenvalue weighted by Crippen LogP contribution is -2.57. The van der Waals surface area contributed by atoms with Gasteiger partial charge in [0, 0.05) is 31.1 Å². The van der Waals surface area contributed by atoms with Crippen molar-refractivity contribution in [3.63, 3.8) is 0 Å². The third-order valence-corrected chi connectivity index (χ3v) is 8.46. The molecule has 138 valence electrons. The summed E-state index contributed by atoms with van der Waals surface area (Å²) in [5.74, 6) is 1.61. The van der Waals surface area contributed by atoms with Crippen molar-refractivity contribution in [3.8, 4) is 0 Å². The molecule has 25 heavy (non-hydrogen) atoms. The lowest BCUT2D eigenvalue weighted by Gasteiger charge is -2.59. The van der Waals surface area contributed by atoms with Crippen molar-refractivity contribution in [2.45, 2.75) is 78.2 Å². The largest absolute Gasteiger partial charge is 0.463 e. The van der Waals surface area contributed by atoms with E-state index in [9.17, 15) is 14.4 Å². The molecule has 0 N–H and O–H groups in total. The molecule has 0 spiro atoms. The van der Waals surface area contributed by atoms with Crippen molar-refractivity contribution >= 4 is 17.5 Å². The van der Waals surface area contributed by atoms with Gasteiger partial charge in [0.2, 0.25) is 0 Å². The van der Waals surface area contributed by atoms with E-state index in [2.05, 4.69) is 13.8 Å². The number of carbonyl (C=O) groups excluding carboxylic acids is 3. The molecule has 0 aromatic heterocycles. The second-order valence-corrected chi connectivity index (χ2v) is 9.54. The minimum absolute atomic E-state index is 0.0261. The molecule has 0 heterocycles. The first-order valence-electron chi connectivity index (χ1n) is 9.99. The minimum atomic E-state index is -0.255. The van der Waals surface area contributed by atoms with E-state index in [1.165, 1.54) is 6.92 Å². The zero-order valence-corrected chi connectivity index (χ0v) is 15.7. The van der Waals surface area contributed by atoms with E-state index in [0.717, 1.165) is 38.5 Å². The Bertz CT molecular complexity index is 625. The third-order valence-electron chi connectivity index (χ3n) is 8.46. The van der Waals surface area contributed by atoms with Crippen molar-refractivity contribution in [2.24, 2.45) is 34.5 Å². The fourth-order valence-electron chi connectivity index (χ4n) is 7.01. The summed E-state index contributed by atoms with van der Waals surface area (Å²) in [4.78, 5) is 36.9. The van der Waals surface area contributed by atoms with Crippen LogP contribution in [0, 0.1) is 34.5 Å². The number of fused-ring (bicyclic) bond motifs is 5. The molecular weight excluding hydrogens is 316 g/mol. The Morgan fingerprint density at radius 1 is 1.08 bits per heavy atom. The van der Waals surface area contributed by atoms with Gasteiger partial charge in [-0.15, -0.1) is 0 Å². The summed E-state index contributed by atoms with van der Waals surface area (Å²) in [6.45, 7) is 5.95. The van der Waals surface area contributed by atoms with Gasteiger partial charge in [-0.3, -0.25) is 14.4 Å². The highest BCUT2D eigenvalue weighted by Crippen LogP contribution is 2.64. The van der Waals surface area contributed by atoms with Crippen LogP contribution in [0.3, 0.4) is 0 Å². The Labute approximate surface area is 150 Å². The average molecular weight is 346 g/mol. The van der Waals surface area contributed by atoms with E-state index >= 15 is 0 Å². The molecule has 0 radical (unpaired) electrons. The van der Waals surface area contributed by atoms with E-state index in [1.807, 2.05) is 0 Å². The van der Waals surface area contributed by atoms with Gasteiger partial charge in [-0.2, -0.15) is 0 Å². The Kier molecular flexibility index (Phi) is 3.90. The molecule has 0 unspecified atom stereocenters. The van der Waals surface area contributed by atoms with Gasteiger partial charge in [0.25, 0.3) is 0 Å². The quantitative estimate of drug-likeness (QED) is 0.679. The van der Waals surface area contributed by atoms with Gasteiger partial charge in [0.1, 0.15) is 17.7 Å². The molecule has 4 saturated carbocycles. The first-order chi connectivity index (χ1) is 11.8. The summed E-state index contributed by atoms with van der Waals surface area (Å²) in [5, 5.41) is 0. The Balaban J connectivity index is 1.60. The van der Waals surface area contributed by atoms with Gasteiger partial charge in [-0.1, -0.05) is 13.8 Å². The lowest BCUT2D eigenvalue weighted by molar-refractivity contribution is -0.166. The van der Waals surface area contributed by atoms with Crippen LogP contribution in [0.25, 0.3) is 0 Å². The van der Waals surface area contributed by atoms with Gasteiger partial charge in [0.05, 0.1) is 0 Å². The Morgan fingerprint density at radius 3 is 2.56 bits per heavy atom. The smallest absolute Gasteiger partial charge is 0.302 e.